The number of anilines is 1. The number of ether oxygens (including phenoxy) is 1. The van der Waals surface area contributed by atoms with E-state index in [-0.39, 0.29) is 34.6 Å². The van der Waals surface area contributed by atoms with Crippen LogP contribution in [0, 0.1) is 0 Å². The fourth-order valence-electron chi connectivity index (χ4n) is 4.93. The molecule has 0 aromatic heterocycles. The number of Topliss-reactive ketones (excluding diaryl/α,β-unsaturated/α-hetero) is 1. The average Bonchev–Trinajstić information content (AvgIpc) is 2.88. The molecule has 182 valence electrons. The Bertz CT molecular complexity index is 1360. The number of aromatic carboxylic acids is 1. The maximum absolute atomic E-state index is 13.4. The van der Waals surface area contributed by atoms with Crippen molar-refractivity contribution in [1.82, 2.24) is 0 Å². The number of hydrogen-bond donors (Lipinski definition) is 1. The van der Waals surface area contributed by atoms with E-state index in [1.54, 1.807) is 6.07 Å². The Morgan fingerprint density at radius 3 is 2.47 bits per heavy atom. The van der Waals surface area contributed by atoms with Gasteiger partial charge in [-0.2, -0.15) is 0 Å². The van der Waals surface area contributed by atoms with Gasteiger partial charge in [-0.05, 0) is 54.3 Å². The number of ketones is 1. The Labute approximate surface area is 213 Å². The van der Waals surface area contributed by atoms with Gasteiger partial charge in [-0.15, -0.1) is 0 Å². The predicted molar refractivity (Wildman–Crippen MR) is 136 cm³/mol. The van der Waals surface area contributed by atoms with E-state index in [4.69, 9.17) is 16.3 Å². The van der Waals surface area contributed by atoms with Gasteiger partial charge >= 0.3 is 5.97 Å². The van der Waals surface area contributed by atoms with Gasteiger partial charge in [0.25, 0.3) is 0 Å². The van der Waals surface area contributed by atoms with Gasteiger partial charge in [-0.25, -0.2) is 4.79 Å². The summed E-state index contributed by atoms with van der Waals surface area (Å²) in [4.78, 5) is 39.6. The van der Waals surface area contributed by atoms with Gasteiger partial charge in [0, 0.05) is 35.7 Å². The molecule has 5 rings (SSSR count). The van der Waals surface area contributed by atoms with E-state index >= 15 is 0 Å². The van der Waals surface area contributed by atoms with Crippen LogP contribution in [0.15, 0.2) is 84.1 Å². The zero-order chi connectivity index (χ0) is 25.2. The van der Waals surface area contributed by atoms with Gasteiger partial charge in [-0.1, -0.05) is 54.1 Å². The molecule has 0 saturated heterocycles. The third kappa shape index (κ3) is 4.64. The third-order valence-corrected chi connectivity index (χ3v) is 6.97. The first-order valence-corrected chi connectivity index (χ1v) is 12.2. The SMILES string of the molecule is O=C1CCCC2=C1C(c1ccc(OCc3ccccc3)cc1)CC(=O)N2c1ccc(Cl)c(C(=O)O)c1. The number of nitrogens with zero attached hydrogens (tertiary/aromatic N) is 1. The lowest BCUT2D eigenvalue weighted by Gasteiger charge is -2.38. The monoisotopic (exact) mass is 501 g/mol. The number of carbonyl (C=O) groups excluding carboxylic acids is 2. The molecule has 0 radical (unpaired) electrons. The molecule has 1 N–H and O–H groups in total. The number of benzene rings is 3. The second-order valence-corrected chi connectivity index (χ2v) is 9.34. The number of halogens is 1. The van der Waals surface area contributed by atoms with Crippen molar-refractivity contribution < 1.29 is 24.2 Å². The van der Waals surface area contributed by atoms with Gasteiger partial charge < -0.3 is 9.84 Å². The summed E-state index contributed by atoms with van der Waals surface area (Å²) in [6, 6.07) is 21.9. The molecule has 0 spiro atoms. The van der Waals surface area contributed by atoms with E-state index in [2.05, 4.69) is 0 Å². The molecular weight excluding hydrogens is 478 g/mol. The molecule has 7 heteroatoms. The van der Waals surface area contributed by atoms with Crippen molar-refractivity contribution in [2.24, 2.45) is 0 Å². The molecule has 1 aliphatic heterocycles. The molecule has 0 bridgehead atoms. The van der Waals surface area contributed by atoms with E-state index in [0.717, 1.165) is 11.1 Å². The molecule has 2 aliphatic rings. The van der Waals surface area contributed by atoms with Gasteiger partial charge in [0.15, 0.2) is 5.78 Å². The molecule has 1 unspecified atom stereocenters. The van der Waals surface area contributed by atoms with E-state index in [0.29, 0.717) is 48.6 Å². The zero-order valence-corrected chi connectivity index (χ0v) is 20.2. The highest BCUT2D eigenvalue weighted by molar-refractivity contribution is 6.33. The van der Waals surface area contributed by atoms with Gasteiger partial charge in [0.05, 0.1) is 10.6 Å². The summed E-state index contributed by atoms with van der Waals surface area (Å²) in [6.07, 6.45) is 1.74. The Balaban J connectivity index is 1.46. The second-order valence-electron chi connectivity index (χ2n) is 8.94. The normalized spacial score (nSPS) is 17.7. The summed E-state index contributed by atoms with van der Waals surface area (Å²) in [5, 5.41) is 9.58. The minimum atomic E-state index is -1.17. The van der Waals surface area contributed by atoms with Crippen molar-refractivity contribution >= 4 is 34.9 Å². The van der Waals surface area contributed by atoms with Crippen LogP contribution in [-0.2, 0) is 16.2 Å². The lowest BCUT2D eigenvalue weighted by atomic mass is 9.77. The Morgan fingerprint density at radius 1 is 1.00 bits per heavy atom. The minimum absolute atomic E-state index is 0.0237. The molecule has 6 nitrogen and oxygen atoms in total. The molecule has 3 aromatic carbocycles. The van der Waals surface area contributed by atoms with Crippen LogP contribution >= 0.6 is 11.6 Å². The number of carboxylic acid groups (broad SMARTS) is 1. The largest absolute Gasteiger partial charge is 0.489 e. The lowest BCUT2D eigenvalue weighted by Crippen LogP contribution is -2.40. The lowest BCUT2D eigenvalue weighted by molar-refractivity contribution is -0.119. The molecule has 1 heterocycles. The third-order valence-electron chi connectivity index (χ3n) is 6.64. The van der Waals surface area contributed by atoms with E-state index in [9.17, 15) is 19.5 Å². The first kappa shape index (κ1) is 23.8. The first-order valence-electron chi connectivity index (χ1n) is 11.8. The fourth-order valence-corrected chi connectivity index (χ4v) is 5.13. The molecule has 0 fully saturated rings. The molecule has 3 aromatic rings. The maximum Gasteiger partial charge on any atom is 0.337 e. The Morgan fingerprint density at radius 2 is 1.75 bits per heavy atom. The van der Waals surface area contributed by atoms with Crippen LogP contribution in [-0.4, -0.2) is 22.8 Å². The van der Waals surface area contributed by atoms with Gasteiger partial charge in [-0.3, -0.25) is 14.5 Å². The summed E-state index contributed by atoms with van der Waals surface area (Å²) in [7, 11) is 0. The highest BCUT2D eigenvalue weighted by Crippen LogP contribution is 2.44. The summed E-state index contributed by atoms with van der Waals surface area (Å²) in [5.41, 5.74) is 3.54. The molecule has 36 heavy (non-hydrogen) atoms. The number of allylic oxidation sites excluding steroid dienone is 2. The highest BCUT2D eigenvalue weighted by Gasteiger charge is 2.40. The van der Waals surface area contributed by atoms with E-state index in [1.165, 1.54) is 17.0 Å². The molecule has 1 amide bonds. The fraction of sp³-hybridized carbons (Fsp3) is 0.207. The standard InChI is InChI=1S/C29H24ClNO5/c30-24-14-11-20(15-23(24)29(34)35)31-25-7-4-8-26(32)28(25)22(16-27(31)33)19-9-12-21(13-10-19)36-17-18-5-2-1-3-6-18/h1-3,5-6,9-15,22H,4,7-8,16-17H2,(H,34,35). The molecular formula is C29H24ClNO5. The highest BCUT2D eigenvalue weighted by atomic mass is 35.5. The van der Waals surface area contributed by atoms with Crippen LogP contribution in [0.1, 0.15) is 53.1 Å². The number of carbonyl (C=O) groups is 3. The summed E-state index contributed by atoms with van der Waals surface area (Å²) >= 11 is 6.04. The van der Waals surface area contributed by atoms with E-state index in [1.807, 2.05) is 54.6 Å². The number of rotatable bonds is 6. The smallest absolute Gasteiger partial charge is 0.337 e. The van der Waals surface area contributed by atoms with Crippen molar-refractivity contribution in [3.05, 3.63) is 106 Å². The Kier molecular flexibility index (Phi) is 6.61. The van der Waals surface area contributed by atoms with Crippen LogP contribution in [0.2, 0.25) is 5.02 Å². The van der Waals surface area contributed by atoms with Crippen molar-refractivity contribution in [2.45, 2.75) is 38.2 Å². The van der Waals surface area contributed by atoms with Crippen LogP contribution in [0.25, 0.3) is 0 Å². The Hall–Kier alpha value is -3.90. The van der Waals surface area contributed by atoms with Crippen LogP contribution < -0.4 is 9.64 Å². The quantitative estimate of drug-likeness (QED) is 0.438. The second kappa shape index (κ2) is 9.99. The summed E-state index contributed by atoms with van der Waals surface area (Å²) in [6.45, 7) is 0.449. The maximum atomic E-state index is 13.4. The topological polar surface area (TPSA) is 83.9 Å². The molecule has 0 saturated carbocycles. The van der Waals surface area contributed by atoms with Crippen molar-refractivity contribution in [3.63, 3.8) is 0 Å². The average molecular weight is 502 g/mol. The van der Waals surface area contributed by atoms with Crippen LogP contribution in [0.3, 0.4) is 0 Å². The molecule has 1 atom stereocenters. The zero-order valence-electron chi connectivity index (χ0n) is 19.4. The number of amides is 1. The summed E-state index contributed by atoms with van der Waals surface area (Å²) in [5.74, 6) is -0.983. The first-order chi connectivity index (χ1) is 17.4. The minimum Gasteiger partial charge on any atom is -0.489 e. The van der Waals surface area contributed by atoms with Gasteiger partial charge in [0.2, 0.25) is 5.91 Å². The van der Waals surface area contributed by atoms with Crippen LogP contribution in [0.5, 0.6) is 5.75 Å². The van der Waals surface area contributed by atoms with Crippen LogP contribution in [0.4, 0.5) is 5.69 Å². The van der Waals surface area contributed by atoms with Crippen molar-refractivity contribution in [2.75, 3.05) is 4.90 Å². The molecule has 1 aliphatic carbocycles. The predicted octanol–water partition coefficient (Wildman–Crippen LogP) is 6.14. The van der Waals surface area contributed by atoms with E-state index < -0.39 is 5.97 Å². The number of carboxylic acids is 1. The number of hydrogen-bond acceptors (Lipinski definition) is 4. The van der Waals surface area contributed by atoms with Crippen molar-refractivity contribution in [3.8, 4) is 5.75 Å². The van der Waals surface area contributed by atoms with Crippen molar-refractivity contribution in [1.29, 1.82) is 0 Å². The van der Waals surface area contributed by atoms with Gasteiger partial charge in [0.1, 0.15) is 12.4 Å². The summed E-state index contributed by atoms with van der Waals surface area (Å²) < 4.78 is 5.89.